The minimum absolute atomic E-state index is 0.601. The van der Waals surface area contributed by atoms with Gasteiger partial charge in [-0.25, -0.2) is 4.68 Å². The van der Waals surface area contributed by atoms with E-state index in [0.29, 0.717) is 25.0 Å². The van der Waals surface area contributed by atoms with E-state index < -0.39 is 0 Å². The van der Waals surface area contributed by atoms with Gasteiger partial charge in [-0.05, 0) is 31.6 Å². The lowest BCUT2D eigenvalue weighted by Gasteiger charge is -2.12. The number of nitrogens with zero attached hydrogens (tertiary/aromatic N) is 3. The summed E-state index contributed by atoms with van der Waals surface area (Å²) in [5, 5.41) is 6.78. The molecule has 3 rings (SSSR count). The molecule has 0 unspecified atom stereocenters. The smallest absolute Gasteiger partial charge is 0.205 e. The van der Waals surface area contributed by atoms with Gasteiger partial charge in [-0.2, -0.15) is 5.10 Å². The number of thiazole rings is 1. The van der Waals surface area contributed by atoms with Gasteiger partial charge in [0.2, 0.25) is 4.80 Å². The highest BCUT2D eigenvalue weighted by Crippen LogP contribution is 2.42. The third-order valence-corrected chi connectivity index (χ3v) is 5.07. The molecule has 3 atom stereocenters. The van der Waals surface area contributed by atoms with Crippen molar-refractivity contribution in [2.24, 2.45) is 27.8 Å². The van der Waals surface area contributed by atoms with E-state index in [1.165, 1.54) is 12.8 Å². The number of aryl methyl sites for hydroxylation is 1. The fourth-order valence-electron chi connectivity index (χ4n) is 3.01. The Morgan fingerprint density at radius 2 is 2.35 bits per heavy atom. The van der Waals surface area contributed by atoms with E-state index in [9.17, 15) is 0 Å². The van der Waals surface area contributed by atoms with Crippen molar-refractivity contribution in [1.82, 2.24) is 4.68 Å². The van der Waals surface area contributed by atoms with Gasteiger partial charge in [-0.1, -0.05) is 12.2 Å². The maximum Gasteiger partial charge on any atom is 0.205 e. The number of hydrogen-bond acceptors (Lipinski definition) is 4. The molecule has 0 aliphatic heterocycles. The predicted molar refractivity (Wildman–Crippen MR) is 82.1 cm³/mol. The first-order valence-corrected chi connectivity index (χ1v) is 8.05. The largest absolute Gasteiger partial charge is 0.383 e. The zero-order valence-electron chi connectivity index (χ0n) is 12.0. The molecule has 4 nitrogen and oxygen atoms in total. The van der Waals surface area contributed by atoms with Crippen molar-refractivity contribution in [1.29, 1.82) is 0 Å². The Labute approximate surface area is 123 Å². The van der Waals surface area contributed by atoms with Gasteiger partial charge in [0.15, 0.2) is 0 Å². The van der Waals surface area contributed by atoms with Gasteiger partial charge in [-0.3, -0.25) is 4.99 Å². The molecule has 2 bridgehead atoms. The van der Waals surface area contributed by atoms with Crippen molar-refractivity contribution in [3.63, 3.8) is 0 Å². The van der Waals surface area contributed by atoms with Crippen molar-refractivity contribution in [2.75, 3.05) is 20.3 Å². The minimum atomic E-state index is 0.601. The second kappa shape index (κ2) is 6.06. The summed E-state index contributed by atoms with van der Waals surface area (Å²) in [6.45, 7) is 3.41. The van der Waals surface area contributed by atoms with Gasteiger partial charge < -0.3 is 4.74 Å². The van der Waals surface area contributed by atoms with Crippen LogP contribution in [0.5, 0.6) is 0 Å². The van der Waals surface area contributed by atoms with Crippen LogP contribution in [-0.2, 0) is 4.74 Å². The molecular formula is C15H21N3OS. The topological polar surface area (TPSA) is 38.9 Å². The van der Waals surface area contributed by atoms with E-state index in [4.69, 9.17) is 4.74 Å². The van der Waals surface area contributed by atoms with Gasteiger partial charge in [-0.15, -0.1) is 11.3 Å². The van der Waals surface area contributed by atoms with E-state index >= 15 is 0 Å². The summed E-state index contributed by atoms with van der Waals surface area (Å²) in [7, 11) is 1.70. The average Bonchev–Trinajstić information content (AvgIpc) is 3.13. The highest BCUT2D eigenvalue weighted by Gasteiger charge is 2.34. The lowest BCUT2D eigenvalue weighted by Crippen LogP contribution is -2.16. The summed E-state index contributed by atoms with van der Waals surface area (Å²) in [5.41, 5.74) is 1.14. The van der Waals surface area contributed by atoms with Gasteiger partial charge in [0.05, 0.1) is 18.8 Å². The van der Waals surface area contributed by atoms with E-state index in [-0.39, 0.29) is 0 Å². The Hall–Kier alpha value is -1.20. The number of aromatic nitrogens is 1. The summed E-state index contributed by atoms with van der Waals surface area (Å²) >= 11 is 1.64. The molecule has 0 N–H and O–H groups in total. The second-order valence-corrected chi connectivity index (χ2v) is 6.39. The van der Waals surface area contributed by atoms with Gasteiger partial charge in [0.25, 0.3) is 0 Å². The normalized spacial score (nSPS) is 29.1. The van der Waals surface area contributed by atoms with Crippen LogP contribution in [0.4, 0.5) is 0 Å². The summed E-state index contributed by atoms with van der Waals surface area (Å²) < 4.78 is 6.99. The maximum atomic E-state index is 5.04. The average molecular weight is 291 g/mol. The Balaban J connectivity index is 1.75. The minimum Gasteiger partial charge on any atom is -0.383 e. The van der Waals surface area contributed by atoms with Crippen LogP contribution in [0.15, 0.2) is 27.6 Å². The van der Waals surface area contributed by atoms with Crippen molar-refractivity contribution in [2.45, 2.75) is 19.8 Å². The molecule has 108 valence electrons. The molecule has 0 amide bonds. The lowest BCUT2D eigenvalue weighted by atomic mass is 9.95. The first-order valence-electron chi connectivity index (χ1n) is 7.17. The fraction of sp³-hybridized carbons (Fsp3) is 0.600. The summed E-state index contributed by atoms with van der Waals surface area (Å²) in [6, 6.07) is 0. The summed E-state index contributed by atoms with van der Waals surface area (Å²) in [6.07, 6.45) is 9.42. The maximum absolute atomic E-state index is 5.04. The lowest BCUT2D eigenvalue weighted by molar-refractivity contribution is 0.207. The van der Waals surface area contributed by atoms with Crippen LogP contribution in [0.3, 0.4) is 0 Å². The van der Waals surface area contributed by atoms with E-state index in [1.54, 1.807) is 18.4 Å². The predicted octanol–water partition coefficient (Wildman–Crippen LogP) is 2.45. The molecule has 1 aromatic rings. The molecule has 1 heterocycles. The number of ether oxygens (including phenoxy) is 1. The van der Waals surface area contributed by atoms with Crippen molar-refractivity contribution >= 4 is 17.6 Å². The molecular weight excluding hydrogens is 270 g/mol. The Morgan fingerprint density at radius 1 is 1.45 bits per heavy atom. The number of rotatable bonds is 5. The number of fused-ring (bicyclic) bond motifs is 2. The Kier molecular flexibility index (Phi) is 4.17. The molecule has 2 aliphatic carbocycles. The van der Waals surface area contributed by atoms with E-state index in [1.807, 2.05) is 4.68 Å². The van der Waals surface area contributed by atoms with Crippen LogP contribution in [0, 0.1) is 24.7 Å². The summed E-state index contributed by atoms with van der Waals surface area (Å²) in [5.74, 6) is 2.09. The van der Waals surface area contributed by atoms with Crippen molar-refractivity contribution in [3.05, 3.63) is 28.0 Å². The number of methoxy groups -OCH3 is 1. The van der Waals surface area contributed by atoms with Crippen LogP contribution < -0.4 is 4.80 Å². The molecule has 1 saturated carbocycles. The molecule has 0 spiro atoms. The van der Waals surface area contributed by atoms with Gasteiger partial charge in [0.1, 0.15) is 0 Å². The Morgan fingerprint density at radius 3 is 3.05 bits per heavy atom. The van der Waals surface area contributed by atoms with Crippen molar-refractivity contribution in [3.8, 4) is 0 Å². The molecule has 0 radical (unpaired) electrons. The molecule has 0 aromatic carbocycles. The van der Waals surface area contributed by atoms with Crippen LogP contribution in [0.1, 0.15) is 18.5 Å². The first kappa shape index (κ1) is 13.8. The number of allylic oxidation sites excluding steroid dienone is 2. The molecule has 20 heavy (non-hydrogen) atoms. The third kappa shape index (κ3) is 2.79. The SMILES string of the molecule is COCCN=c1scc(C)n1/N=C\[C@@H]1C[C@@H]2C=C[C@H]1C2. The van der Waals surface area contributed by atoms with Gasteiger partial charge in [0, 0.05) is 24.6 Å². The zero-order chi connectivity index (χ0) is 13.9. The molecule has 2 aliphatic rings. The van der Waals surface area contributed by atoms with Crippen molar-refractivity contribution < 1.29 is 4.74 Å². The zero-order valence-corrected chi connectivity index (χ0v) is 12.8. The second-order valence-electron chi connectivity index (χ2n) is 5.55. The standard InChI is InChI=1S/C15H21N3OS/c1-11-10-20-15(16-5-6-19-2)18(11)17-9-14-8-12-3-4-13(14)7-12/h3-4,9-10,12-14H,5-8H2,1-2H3/b16-15?,17-9-/t12-,13+,14+/m1/s1. The quantitative estimate of drug-likeness (QED) is 0.466. The van der Waals surface area contributed by atoms with E-state index in [2.05, 4.69) is 40.8 Å². The van der Waals surface area contributed by atoms with Crippen LogP contribution in [-0.4, -0.2) is 31.2 Å². The fourth-order valence-corrected chi connectivity index (χ4v) is 3.85. The molecule has 1 aromatic heterocycles. The highest BCUT2D eigenvalue weighted by atomic mass is 32.1. The van der Waals surface area contributed by atoms with Crippen LogP contribution in [0.25, 0.3) is 0 Å². The first-order chi connectivity index (χ1) is 9.78. The Bertz CT molecular complexity index is 584. The molecule has 5 heteroatoms. The molecule has 1 fully saturated rings. The molecule has 0 saturated heterocycles. The summed E-state index contributed by atoms with van der Waals surface area (Å²) in [4.78, 5) is 5.49. The third-order valence-electron chi connectivity index (χ3n) is 4.10. The van der Waals surface area contributed by atoms with E-state index in [0.717, 1.165) is 16.4 Å². The highest BCUT2D eigenvalue weighted by molar-refractivity contribution is 7.07. The number of hydrogen-bond donors (Lipinski definition) is 0. The van der Waals surface area contributed by atoms with Gasteiger partial charge >= 0.3 is 0 Å². The monoisotopic (exact) mass is 291 g/mol. The van der Waals surface area contributed by atoms with Crippen LogP contribution in [0.2, 0.25) is 0 Å². The van der Waals surface area contributed by atoms with Crippen LogP contribution >= 0.6 is 11.3 Å².